The number of ether oxygens (including phenoxy) is 1. The molecule has 0 amide bonds. The molecule has 6 heteroatoms. The van der Waals surface area contributed by atoms with Gasteiger partial charge in [0.25, 0.3) is 5.56 Å². The molecular formula is C34H25ClN2O2S. The number of rotatable bonds is 5. The van der Waals surface area contributed by atoms with E-state index in [9.17, 15) is 4.79 Å². The average molecular weight is 561 g/mol. The number of hydrogen-bond acceptors (Lipinski definition) is 4. The van der Waals surface area contributed by atoms with Gasteiger partial charge in [-0.25, -0.2) is 4.99 Å². The zero-order chi connectivity index (χ0) is 27.1. The minimum absolute atomic E-state index is 0.0491. The molecule has 40 heavy (non-hydrogen) atoms. The van der Waals surface area contributed by atoms with Crippen molar-refractivity contribution in [3.05, 3.63) is 161 Å². The molecule has 2 aliphatic rings. The van der Waals surface area contributed by atoms with Crippen molar-refractivity contribution in [3.63, 3.8) is 0 Å². The zero-order valence-corrected chi connectivity index (χ0v) is 23.2. The predicted octanol–water partition coefficient (Wildman–Crippen LogP) is 6.55. The van der Waals surface area contributed by atoms with Crippen molar-refractivity contribution >= 4 is 34.7 Å². The van der Waals surface area contributed by atoms with Crippen LogP contribution in [0.25, 0.3) is 11.8 Å². The van der Waals surface area contributed by atoms with E-state index in [1.54, 1.807) is 0 Å². The number of thiazole rings is 1. The van der Waals surface area contributed by atoms with Gasteiger partial charge in [0.1, 0.15) is 12.4 Å². The Balaban J connectivity index is 1.37. The molecule has 0 radical (unpaired) electrons. The van der Waals surface area contributed by atoms with E-state index in [0.29, 0.717) is 21.0 Å². The second-order valence-electron chi connectivity index (χ2n) is 9.98. The van der Waals surface area contributed by atoms with Crippen molar-refractivity contribution in [2.45, 2.75) is 25.5 Å². The summed E-state index contributed by atoms with van der Waals surface area (Å²) in [4.78, 5) is 19.9. The summed E-state index contributed by atoms with van der Waals surface area (Å²) in [6.07, 6.45) is 3.70. The normalized spacial score (nSPS) is 16.1. The molecule has 196 valence electrons. The quantitative estimate of drug-likeness (QED) is 0.245. The SMILES string of the molecule is O=c1/c(=C/c2ccccc2OCc2ccccc2)sc2n1[C@@H](c1ccc(Cl)cc1)C1=C(N=2)c2ccccc2CC1. The maximum atomic E-state index is 14.1. The van der Waals surface area contributed by atoms with Crippen LogP contribution in [0.4, 0.5) is 0 Å². The Morgan fingerprint density at radius 2 is 1.65 bits per heavy atom. The number of halogens is 1. The van der Waals surface area contributed by atoms with Crippen LogP contribution in [-0.4, -0.2) is 4.57 Å². The molecule has 4 aromatic carbocycles. The van der Waals surface area contributed by atoms with E-state index in [1.807, 2.05) is 89.5 Å². The van der Waals surface area contributed by atoms with E-state index in [1.165, 1.54) is 22.5 Å². The topological polar surface area (TPSA) is 43.6 Å². The van der Waals surface area contributed by atoms with Crippen LogP contribution in [0, 0.1) is 0 Å². The van der Waals surface area contributed by atoms with Crippen molar-refractivity contribution < 1.29 is 4.74 Å². The number of benzene rings is 4. The lowest BCUT2D eigenvalue weighted by Crippen LogP contribution is -2.38. The summed E-state index contributed by atoms with van der Waals surface area (Å²) in [5.41, 5.74) is 7.54. The molecule has 0 fully saturated rings. The molecule has 0 saturated carbocycles. The van der Waals surface area contributed by atoms with Crippen LogP contribution >= 0.6 is 22.9 Å². The summed E-state index contributed by atoms with van der Waals surface area (Å²) >= 11 is 7.67. The van der Waals surface area contributed by atoms with E-state index in [-0.39, 0.29) is 11.6 Å². The van der Waals surface area contributed by atoms with Crippen molar-refractivity contribution in [1.82, 2.24) is 4.57 Å². The van der Waals surface area contributed by atoms with E-state index >= 15 is 0 Å². The van der Waals surface area contributed by atoms with Crippen LogP contribution in [0.5, 0.6) is 5.75 Å². The molecule has 5 aromatic rings. The number of aryl methyl sites for hydroxylation is 1. The van der Waals surface area contributed by atoms with Gasteiger partial charge in [0.2, 0.25) is 0 Å². The monoisotopic (exact) mass is 560 g/mol. The van der Waals surface area contributed by atoms with Crippen LogP contribution in [0.2, 0.25) is 5.02 Å². The third kappa shape index (κ3) is 4.51. The second kappa shape index (κ2) is 10.4. The maximum Gasteiger partial charge on any atom is 0.271 e. The Labute approximate surface area is 240 Å². The minimum Gasteiger partial charge on any atom is -0.488 e. The van der Waals surface area contributed by atoms with Gasteiger partial charge in [0.05, 0.1) is 16.3 Å². The third-order valence-electron chi connectivity index (χ3n) is 7.50. The molecule has 2 heterocycles. The van der Waals surface area contributed by atoms with E-state index in [2.05, 4.69) is 24.3 Å². The first-order valence-electron chi connectivity index (χ1n) is 13.3. The fourth-order valence-corrected chi connectivity index (χ4v) is 6.69. The van der Waals surface area contributed by atoms with Gasteiger partial charge in [0.15, 0.2) is 4.80 Å². The van der Waals surface area contributed by atoms with Gasteiger partial charge in [-0.2, -0.15) is 0 Å². The minimum atomic E-state index is -0.233. The Bertz CT molecular complexity index is 1940. The van der Waals surface area contributed by atoms with Crippen LogP contribution in [0.1, 0.15) is 40.3 Å². The fourth-order valence-electron chi connectivity index (χ4n) is 5.58. The van der Waals surface area contributed by atoms with Gasteiger partial charge < -0.3 is 4.74 Å². The molecule has 4 nitrogen and oxygen atoms in total. The number of nitrogens with zero attached hydrogens (tertiary/aromatic N) is 2. The predicted molar refractivity (Wildman–Crippen MR) is 161 cm³/mol. The molecule has 0 N–H and O–H groups in total. The first kappa shape index (κ1) is 24.8. The van der Waals surface area contributed by atoms with Gasteiger partial charge in [-0.3, -0.25) is 9.36 Å². The lowest BCUT2D eigenvalue weighted by atomic mass is 9.83. The molecule has 0 saturated heterocycles. The molecular weight excluding hydrogens is 536 g/mol. The van der Waals surface area contributed by atoms with Gasteiger partial charge in [-0.1, -0.05) is 108 Å². The lowest BCUT2D eigenvalue weighted by molar-refractivity contribution is 0.305. The smallest absolute Gasteiger partial charge is 0.271 e. The largest absolute Gasteiger partial charge is 0.488 e. The highest BCUT2D eigenvalue weighted by Gasteiger charge is 2.32. The van der Waals surface area contributed by atoms with E-state index in [4.69, 9.17) is 21.3 Å². The summed E-state index contributed by atoms with van der Waals surface area (Å²) < 4.78 is 8.66. The molecule has 1 aromatic heterocycles. The number of aromatic nitrogens is 1. The summed E-state index contributed by atoms with van der Waals surface area (Å²) in [6, 6.07) is 34.0. The van der Waals surface area contributed by atoms with Crippen molar-refractivity contribution in [1.29, 1.82) is 0 Å². The third-order valence-corrected chi connectivity index (χ3v) is 8.74. The highest BCUT2D eigenvalue weighted by Crippen LogP contribution is 2.41. The molecule has 1 aliphatic heterocycles. The molecule has 1 atom stereocenters. The molecule has 7 rings (SSSR count). The first-order valence-corrected chi connectivity index (χ1v) is 14.5. The standard InChI is InChI=1S/C34H25ClN2O2S/c35-26-17-14-24(15-18-26)32-28-19-16-23-10-4-6-12-27(23)31(28)36-34-37(32)33(38)30(40-34)20-25-11-5-7-13-29(25)39-21-22-8-2-1-3-9-22/h1-15,17-18,20,32H,16,19,21H2/b30-20-/t32-/m0/s1. The van der Waals surface area contributed by atoms with Crippen LogP contribution in [0.3, 0.4) is 0 Å². The highest BCUT2D eigenvalue weighted by atomic mass is 35.5. The Kier molecular flexibility index (Phi) is 6.46. The first-order chi connectivity index (χ1) is 19.7. The van der Waals surface area contributed by atoms with Gasteiger partial charge in [0, 0.05) is 16.1 Å². The molecule has 0 bridgehead atoms. The summed E-state index contributed by atoms with van der Waals surface area (Å²) in [7, 11) is 0. The molecule has 1 aliphatic carbocycles. The number of allylic oxidation sites excluding steroid dienone is 1. The van der Waals surface area contributed by atoms with Crippen LogP contribution in [-0.2, 0) is 13.0 Å². The van der Waals surface area contributed by atoms with Crippen LogP contribution in [0.15, 0.2) is 118 Å². The van der Waals surface area contributed by atoms with Crippen molar-refractivity contribution in [2.24, 2.45) is 4.99 Å². The Hall–Kier alpha value is -4.19. The zero-order valence-electron chi connectivity index (χ0n) is 21.6. The molecule has 0 unspecified atom stereocenters. The van der Waals surface area contributed by atoms with Gasteiger partial charge >= 0.3 is 0 Å². The number of hydrogen-bond donors (Lipinski definition) is 0. The second-order valence-corrected chi connectivity index (χ2v) is 11.4. The van der Waals surface area contributed by atoms with Crippen LogP contribution < -0.4 is 19.6 Å². The number of fused-ring (bicyclic) bond motifs is 3. The average Bonchev–Trinajstić information content (AvgIpc) is 3.30. The fraction of sp³-hybridized carbons (Fsp3) is 0.118. The highest BCUT2D eigenvalue weighted by molar-refractivity contribution is 7.07. The van der Waals surface area contributed by atoms with Gasteiger partial charge in [-0.15, -0.1) is 0 Å². The Morgan fingerprint density at radius 1 is 0.900 bits per heavy atom. The van der Waals surface area contributed by atoms with Crippen molar-refractivity contribution in [2.75, 3.05) is 0 Å². The lowest BCUT2D eigenvalue weighted by Gasteiger charge is -2.30. The summed E-state index contributed by atoms with van der Waals surface area (Å²) in [5, 5.41) is 0.673. The van der Waals surface area contributed by atoms with Crippen molar-refractivity contribution in [3.8, 4) is 5.75 Å². The summed E-state index contributed by atoms with van der Waals surface area (Å²) in [5.74, 6) is 0.736. The summed E-state index contributed by atoms with van der Waals surface area (Å²) in [6.45, 7) is 0.454. The van der Waals surface area contributed by atoms with E-state index in [0.717, 1.165) is 46.5 Å². The van der Waals surface area contributed by atoms with E-state index < -0.39 is 0 Å². The Morgan fingerprint density at radius 3 is 2.50 bits per heavy atom. The maximum absolute atomic E-state index is 14.1. The van der Waals surface area contributed by atoms with Gasteiger partial charge in [-0.05, 0) is 59.4 Å². The molecule has 0 spiro atoms. The number of para-hydroxylation sites is 1.